The van der Waals surface area contributed by atoms with Crippen LogP contribution in [-0.4, -0.2) is 18.9 Å². The van der Waals surface area contributed by atoms with Gasteiger partial charge in [0.05, 0.1) is 7.11 Å². The summed E-state index contributed by atoms with van der Waals surface area (Å²) in [5, 5.41) is 0.648. The van der Waals surface area contributed by atoms with Crippen LogP contribution in [0.2, 0.25) is 5.02 Å². The van der Waals surface area contributed by atoms with Gasteiger partial charge in [-0.15, -0.1) is 0 Å². The molecule has 6 nitrogen and oxygen atoms in total. The molecule has 3 aromatic carbocycles. The van der Waals surface area contributed by atoms with Gasteiger partial charge < -0.3 is 9.47 Å². The van der Waals surface area contributed by atoms with Crippen molar-refractivity contribution in [3.63, 3.8) is 0 Å². The summed E-state index contributed by atoms with van der Waals surface area (Å²) in [5.74, 6) is 0.792. The zero-order chi connectivity index (χ0) is 22.1. The lowest BCUT2D eigenvalue weighted by Gasteiger charge is -2.09. The smallest absolute Gasteiger partial charge is 0.269 e. The molecule has 31 heavy (non-hydrogen) atoms. The number of hydrogen-bond acceptors (Lipinski definition) is 4. The summed E-state index contributed by atoms with van der Waals surface area (Å²) in [6, 6.07) is 21.6. The van der Waals surface area contributed by atoms with Crippen LogP contribution in [0.3, 0.4) is 0 Å². The summed E-state index contributed by atoms with van der Waals surface area (Å²) >= 11 is 5.85. The van der Waals surface area contributed by atoms with Gasteiger partial charge in [-0.1, -0.05) is 35.9 Å². The Morgan fingerprint density at radius 1 is 0.871 bits per heavy atom. The highest BCUT2D eigenvalue weighted by atomic mass is 35.5. The standard InChI is InChI=1S/C24H23ClN2O4/c1-30-22-4-2-3-17(15-22)7-14-23(28)26-27-24(29)19-8-5-18(6-9-19)16-31-21-12-10-20(25)11-13-21/h2-6,8-13,15H,7,14,16H2,1H3,(H,26,28)(H,27,29). The largest absolute Gasteiger partial charge is 0.497 e. The number of rotatable bonds is 8. The van der Waals surface area contributed by atoms with Crippen LogP contribution in [0, 0.1) is 0 Å². The van der Waals surface area contributed by atoms with E-state index >= 15 is 0 Å². The van der Waals surface area contributed by atoms with Gasteiger partial charge >= 0.3 is 0 Å². The van der Waals surface area contributed by atoms with Gasteiger partial charge in [-0.25, -0.2) is 0 Å². The van der Waals surface area contributed by atoms with Crippen LogP contribution in [0.15, 0.2) is 72.8 Å². The fourth-order valence-electron chi connectivity index (χ4n) is 2.80. The topological polar surface area (TPSA) is 76.7 Å². The Balaban J connectivity index is 1.42. The summed E-state index contributed by atoms with van der Waals surface area (Å²) in [6.07, 6.45) is 0.787. The molecule has 0 aliphatic carbocycles. The molecule has 0 unspecified atom stereocenters. The molecule has 3 aromatic rings. The molecule has 0 heterocycles. The Hall–Kier alpha value is -3.51. The highest BCUT2D eigenvalue weighted by Gasteiger charge is 2.08. The van der Waals surface area contributed by atoms with Crippen molar-refractivity contribution in [2.75, 3.05) is 7.11 Å². The van der Waals surface area contributed by atoms with Crippen molar-refractivity contribution in [1.29, 1.82) is 0 Å². The minimum Gasteiger partial charge on any atom is -0.497 e. The molecular weight excluding hydrogens is 416 g/mol. The molecule has 160 valence electrons. The first-order valence-electron chi connectivity index (χ1n) is 9.73. The van der Waals surface area contributed by atoms with Crippen molar-refractivity contribution in [2.45, 2.75) is 19.4 Å². The molecule has 0 atom stereocenters. The first-order chi connectivity index (χ1) is 15.0. The maximum atomic E-state index is 12.2. The lowest BCUT2D eigenvalue weighted by atomic mass is 10.1. The van der Waals surface area contributed by atoms with Crippen LogP contribution < -0.4 is 20.3 Å². The number of hydrazine groups is 1. The lowest BCUT2D eigenvalue weighted by molar-refractivity contribution is -0.121. The third-order valence-corrected chi connectivity index (χ3v) is 4.78. The maximum absolute atomic E-state index is 12.2. The summed E-state index contributed by atoms with van der Waals surface area (Å²) in [6.45, 7) is 0.366. The van der Waals surface area contributed by atoms with Crippen LogP contribution in [0.4, 0.5) is 0 Å². The molecule has 0 aliphatic heterocycles. The van der Waals surface area contributed by atoms with E-state index in [0.29, 0.717) is 29.4 Å². The van der Waals surface area contributed by atoms with Gasteiger partial charge in [-0.3, -0.25) is 20.4 Å². The number of carbonyl (C=O) groups is 2. The van der Waals surface area contributed by atoms with Crippen molar-refractivity contribution >= 4 is 23.4 Å². The van der Waals surface area contributed by atoms with Crippen LogP contribution >= 0.6 is 11.6 Å². The Bertz CT molecular complexity index is 1020. The highest BCUT2D eigenvalue weighted by Crippen LogP contribution is 2.17. The van der Waals surface area contributed by atoms with Crippen molar-refractivity contribution in [1.82, 2.24) is 10.9 Å². The number of amides is 2. The van der Waals surface area contributed by atoms with E-state index in [9.17, 15) is 9.59 Å². The molecule has 0 saturated carbocycles. The van der Waals surface area contributed by atoms with E-state index in [4.69, 9.17) is 21.1 Å². The Morgan fingerprint density at radius 3 is 2.32 bits per heavy atom. The molecule has 0 fully saturated rings. The normalized spacial score (nSPS) is 10.3. The average molecular weight is 439 g/mol. The number of aryl methyl sites for hydroxylation is 1. The maximum Gasteiger partial charge on any atom is 0.269 e. The Morgan fingerprint density at radius 2 is 1.61 bits per heavy atom. The van der Waals surface area contributed by atoms with Crippen LogP contribution in [-0.2, 0) is 17.8 Å². The molecule has 0 aromatic heterocycles. The van der Waals surface area contributed by atoms with E-state index in [1.165, 1.54) is 0 Å². The second kappa shape index (κ2) is 11.0. The highest BCUT2D eigenvalue weighted by molar-refractivity contribution is 6.30. The van der Waals surface area contributed by atoms with Crippen molar-refractivity contribution in [3.05, 3.63) is 94.5 Å². The number of ether oxygens (including phenoxy) is 2. The number of halogens is 1. The monoisotopic (exact) mass is 438 g/mol. The minimum atomic E-state index is -0.389. The van der Waals surface area contributed by atoms with Crippen LogP contribution in [0.1, 0.15) is 27.9 Å². The van der Waals surface area contributed by atoms with Crippen molar-refractivity contribution in [2.24, 2.45) is 0 Å². The second-order valence-electron chi connectivity index (χ2n) is 6.79. The van der Waals surface area contributed by atoms with Gasteiger partial charge in [0.2, 0.25) is 5.91 Å². The van der Waals surface area contributed by atoms with Crippen molar-refractivity contribution < 1.29 is 19.1 Å². The second-order valence-corrected chi connectivity index (χ2v) is 7.23. The van der Waals surface area contributed by atoms with E-state index < -0.39 is 0 Å². The molecule has 2 N–H and O–H groups in total. The number of methoxy groups -OCH3 is 1. The summed E-state index contributed by atoms with van der Waals surface area (Å²) < 4.78 is 10.8. The van der Waals surface area contributed by atoms with Gasteiger partial charge in [-0.05, 0) is 66.1 Å². The zero-order valence-electron chi connectivity index (χ0n) is 17.1. The van der Waals surface area contributed by atoms with E-state index in [0.717, 1.165) is 16.9 Å². The number of hydrogen-bond donors (Lipinski definition) is 2. The Labute approximate surface area is 186 Å². The van der Waals surface area contributed by atoms with Gasteiger partial charge in [0, 0.05) is 17.0 Å². The van der Waals surface area contributed by atoms with Gasteiger partial charge in [0.1, 0.15) is 18.1 Å². The predicted molar refractivity (Wildman–Crippen MR) is 119 cm³/mol. The van der Waals surface area contributed by atoms with Gasteiger partial charge in [-0.2, -0.15) is 0 Å². The predicted octanol–water partition coefficient (Wildman–Crippen LogP) is 4.32. The van der Waals surface area contributed by atoms with E-state index in [2.05, 4.69) is 10.9 Å². The third-order valence-electron chi connectivity index (χ3n) is 4.53. The van der Waals surface area contributed by atoms with E-state index in [1.807, 2.05) is 24.3 Å². The number of carbonyl (C=O) groups excluding carboxylic acids is 2. The molecule has 3 rings (SSSR count). The minimum absolute atomic E-state index is 0.244. The first kappa shape index (κ1) is 22.2. The zero-order valence-corrected chi connectivity index (χ0v) is 17.8. The van der Waals surface area contributed by atoms with Crippen LogP contribution in [0.5, 0.6) is 11.5 Å². The molecule has 7 heteroatoms. The number of benzene rings is 3. The van der Waals surface area contributed by atoms with Gasteiger partial charge in [0.25, 0.3) is 5.91 Å². The van der Waals surface area contributed by atoms with Crippen molar-refractivity contribution in [3.8, 4) is 11.5 Å². The SMILES string of the molecule is COc1cccc(CCC(=O)NNC(=O)c2ccc(COc3ccc(Cl)cc3)cc2)c1. The summed E-state index contributed by atoms with van der Waals surface area (Å²) in [4.78, 5) is 24.3. The summed E-state index contributed by atoms with van der Waals surface area (Å²) in [7, 11) is 1.60. The molecular formula is C24H23ClN2O4. The summed E-state index contributed by atoms with van der Waals surface area (Å²) in [5.41, 5.74) is 7.20. The number of nitrogens with one attached hydrogen (secondary N) is 2. The van der Waals surface area contributed by atoms with E-state index in [1.54, 1.807) is 55.6 Å². The molecule has 0 aliphatic rings. The first-order valence-corrected chi connectivity index (χ1v) is 10.1. The molecule has 0 bridgehead atoms. The van der Waals surface area contributed by atoms with E-state index in [-0.39, 0.29) is 18.2 Å². The average Bonchev–Trinajstić information content (AvgIpc) is 2.81. The third kappa shape index (κ3) is 7.04. The molecule has 0 saturated heterocycles. The Kier molecular flexibility index (Phi) is 7.90. The molecule has 0 spiro atoms. The lowest BCUT2D eigenvalue weighted by Crippen LogP contribution is -2.41. The fraction of sp³-hybridized carbons (Fsp3) is 0.167. The van der Waals surface area contributed by atoms with Crippen LogP contribution in [0.25, 0.3) is 0 Å². The molecule has 0 radical (unpaired) electrons. The fourth-order valence-corrected chi connectivity index (χ4v) is 2.92. The molecule has 2 amide bonds. The van der Waals surface area contributed by atoms with Gasteiger partial charge in [0.15, 0.2) is 0 Å². The quantitative estimate of drug-likeness (QED) is 0.513.